The largest absolute Gasteiger partial charge is 0.294 e. The van der Waals surface area contributed by atoms with Gasteiger partial charge in [-0.3, -0.25) is 4.79 Å². The van der Waals surface area contributed by atoms with Crippen LogP contribution >= 0.6 is 46.4 Å². The van der Waals surface area contributed by atoms with Gasteiger partial charge in [0, 0.05) is 6.42 Å². The Balaban J connectivity index is 2.37. The van der Waals surface area contributed by atoms with Gasteiger partial charge >= 0.3 is 0 Å². The fraction of sp³-hybridized carbons (Fsp3) is 0.188. The minimum Gasteiger partial charge on any atom is -0.294 e. The highest BCUT2D eigenvalue weighted by Crippen LogP contribution is 2.38. The molecule has 0 unspecified atom stereocenters. The molecule has 110 valence electrons. The number of ketones is 1. The van der Waals surface area contributed by atoms with Crippen molar-refractivity contribution < 1.29 is 4.79 Å². The number of rotatable bonds is 3. The maximum atomic E-state index is 12.4. The zero-order chi connectivity index (χ0) is 15.7. The van der Waals surface area contributed by atoms with Gasteiger partial charge in [0.05, 0.1) is 25.7 Å². The molecule has 0 N–H and O–H groups in total. The highest BCUT2D eigenvalue weighted by molar-refractivity contribution is 6.51. The molecule has 0 saturated carbocycles. The molecule has 1 nitrogen and oxygen atoms in total. The molecule has 0 aromatic heterocycles. The van der Waals surface area contributed by atoms with E-state index in [1.54, 1.807) is 0 Å². The van der Waals surface area contributed by atoms with Crippen molar-refractivity contribution >= 4 is 52.2 Å². The third-order valence-electron chi connectivity index (χ3n) is 3.33. The Kier molecular flexibility index (Phi) is 5.21. The van der Waals surface area contributed by atoms with Crippen molar-refractivity contribution in [2.75, 3.05) is 0 Å². The molecule has 0 aliphatic heterocycles. The molecule has 0 amide bonds. The van der Waals surface area contributed by atoms with E-state index in [9.17, 15) is 4.79 Å². The predicted octanol–water partition coefficient (Wildman–Crippen LogP) is 6.34. The number of carbonyl (C=O) groups is 1. The van der Waals surface area contributed by atoms with Crippen LogP contribution in [0.3, 0.4) is 0 Å². The summed E-state index contributed by atoms with van der Waals surface area (Å²) in [5.74, 6) is -0.188. The number of aryl methyl sites for hydroxylation is 2. The average Bonchev–Trinajstić information content (AvgIpc) is 2.40. The van der Waals surface area contributed by atoms with Crippen molar-refractivity contribution in [1.82, 2.24) is 0 Å². The second-order valence-corrected chi connectivity index (χ2v) is 6.43. The summed E-state index contributed by atoms with van der Waals surface area (Å²) >= 11 is 24.0. The molecule has 0 spiro atoms. The molecular formula is C16H12Cl4O. The molecule has 0 aliphatic carbocycles. The molecular weight excluding hydrogens is 350 g/mol. The van der Waals surface area contributed by atoms with Crippen LogP contribution in [0.4, 0.5) is 0 Å². The molecule has 0 atom stereocenters. The highest BCUT2D eigenvalue weighted by atomic mass is 35.5. The summed E-state index contributed by atoms with van der Waals surface area (Å²) in [5, 5.41) is 0.687. The summed E-state index contributed by atoms with van der Waals surface area (Å²) in [6.07, 6.45) is 0.207. The first-order valence-electron chi connectivity index (χ1n) is 6.23. The number of hydrogen-bond donors (Lipinski definition) is 0. The van der Waals surface area contributed by atoms with Crippen LogP contribution in [0, 0.1) is 13.8 Å². The summed E-state index contributed by atoms with van der Waals surface area (Å²) in [5.41, 5.74) is 3.43. The van der Waals surface area contributed by atoms with Gasteiger partial charge in [0.25, 0.3) is 0 Å². The van der Waals surface area contributed by atoms with Crippen LogP contribution in [0.15, 0.2) is 24.3 Å². The van der Waals surface area contributed by atoms with Gasteiger partial charge < -0.3 is 0 Å². The molecule has 21 heavy (non-hydrogen) atoms. The SMILES string of the molecule is Cc1ccc(CC(=O)c2c(Cl)cc(Cl)c(Cl)c2Cl)cc1C. The smallest absolute Gasteiger partial charge is 0.170 e. The summed E-state index contributed by atoms with van der Waals surface area (Å²) in [6, 6.07) is 7.31. The van der Waals surface area contributed by atoms with Crippen LogP contribution in [-0.4, -0.2) is 5.78 Å². The van der Waals surface area contributed by atoms with E-state index in [0.717, 1.165) is 11.1 Å². The number of benzene rings is 2. The maximum Gasteiger partial charge on any atom is 0.170 e. The van der Waals surface area contributed by atoms with E-state index >= 15 is 0 Å². The predicted molar refractivity (Wildman–Crippen MR) is 90.4 cm³/mol. The van der Waals surface area contributed by atoms with Gasteiger partial charge in [-0.25, -0.2) is 0 Å². The molecule has 0 saturated heterocycles. The van der Waals surface area contributed by atoms with Gasteiger partial charge in [0.2, 0.25) is 0 Å². The fourth-order valence-corrected chi connectivity index (χ4v) is 3.13. The Hall–Kier alpha value is -0.730. The summed E-state index contributed by atoms with van der Waals surface area (Å²) in [6.45, 7) is 4.02. The minimum atomic E-state index is -0.188. The lowest BCUT2D eigenvalue weighted by Gasteiger charge is -2.10. The van der Waals surface area contributed by atoms with Gasteiger partial charge in [0.1, 0.15) is 0 Å². The van der Waals surface area contributed by atoms with Crippen molar-refractivity contribution in [3.8, 4) is 0 Å². The van der Waals surface area contributed by atoms with Crippen LogP contribution in [0.1, 0.15) is 27.0 Å². The zero-order valence-electron chi connectivity index (χ0n) is 11.4. The van der Waals surface area contributed by atoms with Crippen LogP contribution in [-0.2, 0) is 6.42 Å². The number of Topliss-reactive ketones (excluding diaryl/α,β-unsaturated/α-hetero) is 1. The van der Waals surface area contributed by atoms with Crippen molar-refractivity contribution in [1.29, 1.82) is 0 Å². The van der Waals surface area contributed by atoms with E-state index in [4.69, 9.17) is 46.4 Å². The Morgan fingerprint density at radius 3 is 2.19 bits per heavy atom. The number of carbonyl (C=O) groups excluding carboxylic acids is 1. The zero-order valence-corrected chi connectivity index (χ0v) is 14.5. The lowest BCUT2D eigenvalue weighted by atomic mass is 9.99. The van der Waals surface area contributed by atoms with Gasteiger partial charge in [-0.1, -0.05) is 64.6 Å². The monoisotopic (exact) mass is 360 g/mol. The van der Waals surface area contributed by atoms with E-state index in [0.29, 0.717) is 0 Å². The van der Waals surface area contributed by atoms with Gasteiger partial charge in [-0.15, -0.1) is 0 Å². The lowest BCUT2D eigenvalue weighted by Crippen LogP contribution is -2.06. The van der Waals surface area contributed by atoms with Crippen LogP contribution in [0.5, 0.6) is 0 Å². The molecule has 0 aliphatic rings. The fourth-order valence-electron chi connectivity index (χ4n) is 2.01. The molecule has 2 rings (SSSR count). The van der Waals surface area contributed by atoms with Crippen molar-refractivity contribution in [2.45, 2.75) is 20.3 Å². The molecule has 0 radical (unpaired) electrons. The van der Waals surface area contributed by atoms with Crippen molar-refractivity contribution in [2.24, 2.45) is 0 Å². The molecule has 5 heteroatoms. The molecule has 0 bridgehead atoms. The first-order valence-corrected chi connectivity index (χ1v) is 7.74. The Labute approximate surface area is 143 Å². The molecule has 2 aromatic rings. The first kappa shape index (κ1) is 16.6. The Morgan fingerprint density at radius 1 is 0.905 bits per heavy atom. The van der Waals surface area contributed by atoms with Crippen molar-refractivity contribution in [3.63, 3.8) is 0 Å². The number of hydrogen-bond acceptors (Lipinski definition) is 1. The Morgan fingerprint density at radius 2 is 1.57 bits per heavy atom. The average molecular weight is 362 g/mol. The van der Waals surface area contributed by atoms with Crippen LogP contribution in [0.2, 0.25) is 20.1 Å². The minimum absolute atomic E-state index is 0.100. The molecule has 0 fully saturated rings. The second-order valence-electron chi connectivity index (χ2n) is 4.86. The third-order valence-corrected chi connectivity index (χ3v) is 4.89. The second kappa shape index (κ2) is 6.58. The summed E-state index contributed by atoms with van der Waals surface area (Å²) in [7, 11) is 0. The van der Waals surface area contributed by atoms with Crippen LogP contribution in [0.25, 0.3) is 0 Å². The van der Waals surface area contributed by atoms with E-state index in [-0.39, 0.29) is 37.9 Å². The normalized spacial score (nSPS) is 10.8. The van der Waals surface area contributed by atoms with E-state index in [1.165, 1.54) is 11.6 Å². The maximum absolute atomic E-state index is 12.4. The molecule has 0 heterocycles. The van der Waals surface area contributed by atoms with Gasteiger partial charge in [-0.05, 0) is 36.6 Å². The summed E-state index contributed by atoms with van der Waals surface area (Å²) in [4.78, 5) is 12.4. The topological polar surface area (TPSA) is 17.1 Å². The van der Waals surface area contributed by atoms with E-state index in [2.05, 4.69) is 0 Å². The Bertz CT molecular complexity index is 723. The third kappa shape index (κ3) is 3.54. The molecule has 2 aromatic carbocycles. The van der Waals surface area contributed by atoms with Crippen LogP contribution < -0.4 is 0 Å². The summed E-state index contributed by atoms with van der Waals surface area (Å²) < 4.78 is 0. The van der Waals surface area contributed by atoms with Gasteiger partial charge in [-0.2, -0.15) is 0 Å². The van der Waals surface area contributed by atoms with Crippen molar-refractivity contribution in [3.05, 3.63) is 66.6 Å². The lowest BCUT2D eigenvalue weighted by molar-refractivity contribution is 0.0993. The number of halogens is 4. The van der Waals surface area contributed by atoms with E-state index < -0.39 is 0 Å². The quantitative estimate of drug-likeness (QED) is 0.354. The highest BCUT2D eigenvalue weighted by Gasteiger charge is 2.20. The first-order chi connectivity index (χ1) is 9.81. The standard InChI is InChI=1S/C16H12Cl4O/c1-8-3-4-10(5-9(8)2)6-13(21)14-11(17)7-12(18)15(19)16(14)20/h3-5,7H,6H2,1-2H3. The van der Waals surface area contributed by atoms with E-state index in [1.807, 2.05) is 32.0 Å². The van der Waals surface area contributed by atoms with Gasteiger partial charge in [0.15, 0.2) is 5.78 Å².